The van der Waals surface area contributed by atoms with Crippen LogP contribution in [0.3, 0.4) is 0 Å². The summed E-state index contributed by atoms with van der Waals surface area (Å²) in [6, 6.07) is 13.8. The second-order valence-electron chi connectivity index (χ2n) is 6.32. The molecule has 0 unspecified atom stereocenters. The smallest absolute Gasteiger partial charge is 0.183 e. The van der Waals surface area contributed by atoms with Crippen molar-refractivity contribution >= 4 is 40.2 Å². The minimum absolute atomic E-state index is 0.0323. The van der Waals surface area contributed by atoms with Gasteiger partial charge in [-0.2, -0.15) is 10.4 Å². The molecule has 0 aliphatic carbocycles. The zero-order valence-electron chi connectivity index (χ0n) is 15.7. The fourth-order valence-electron chi connectivity index (χ4n) is 2.95. The minimum atomic E-state index is 0.0323. The number of thioether (sulfide) groups is 1. The Morgan fingerprint density at radius 1 is 1.21 bits per heavy atom. The van der Waals surface area contributed by atoms with Crippen molar-refractivity contribution in [1.29, 1.82) is 5.26 Å². The highest BCUT2D eigenvalue weighted by molar-refractivity contribution is 8.00. The quantitative estimate of drug-likeness (QED) is 0.294. The van der Waals surface area contributed by atoms with Gasteiger partial charge in [0, 0.05) is 5.69 Å². The molecule has 144 valence electrons. The van der Waals surface area contributed by atoms with Crippen molar-refractivity contribution < 1.29 is 4.79 Å². The summed E-state index contributed by atoms with van der Waals surface area (Å²) in [7, 11) is 0. The summed E-state index contributed by atoms with van der Waals surface area (Å²) in [5, 5.41) is 18.9. The number of aromatic nitrogens is 3. The molecule has 0 saturated heterocycles. The van der Waals surface area contributed by atoms with Crippen LogP contribution in [0.15, 0.2) is 52.2 Å². The number of pyridine rings is 1. The molecule has 0 saturated carbocycles. The number of Topliss-reactive ketones (excluding diaryl/α,β-unsaturated/α-hetero) is 1. The van der Waals surface area contributed by atoms with Gasteiger partial charge in [0.15, 0.2) is 5.78 Å². The molecule has 4 heterocycles. The highest BCUT2D eigenvalue weighted by Gasteiger charge is 2.19. The van der Waals surface area contributed by atoms with Gasteiger partial charge in [0.25, 0.3) is 0 Å². The van der Waals surface area contributed by atoms with Gasteiger partial charge < -0.3 is 0 Å². The molecule has 0 atom stereocenters. The molecule has 8 heteroatoms. The maximum absolute atomic E-state index is 12.5. The molecule has 0 radical (unpaired) electrons. The molecule has 5 nitrogen and oxygen atoms in total. The van der Waals surface area contributed by atoms with Gasteiger partial charge in [-0.15, -0.1) is 22.7 Å². The Morgan fingerprint density at radius 3 is 2.62 bits per heavy atom. The number of ketones is 1. The van der Waals surface area contributed by atoms with Gasteiger partial charge in [-0.3, -0.25) is 4.79 Å². The van der Waals surface area contributed by atoms with Crippen molar-refractivity contribution in [3.63, 3.8) is 0 Å². The summed E-state index contributed by atoms with van der Waals surface area (Å²) in [6.45, 7) is 3.88. The lowest BCUT2D eigenvalue weighted by molar-refractivity contribution is 0.102. The van der Waals surface area contributed by atoms with Crippen LogP contribution in [0.2, 0.25) is 0 Å². The number of hydrogen-bond acceptors (Lipinski definition) is 7. The zero-order chi connectivity index (χ0) is 20.4. The van der Waals surface area contributed by atoms with Crippen molar-refractivity contribution in [1.82, 2.24) is 14.8 Å². The third-order valence-electron chi connectivity index (χ3n) is 4.22. The molecule has 0 fully saturated rings. The van der Waals surface area contributed by atoms with Crippen molar-refractivity contribution in [2.24, 2.45) is 0 Å². The van der Waals surface area contributed by atoms with Crippen molar-refractivity contribution in [3.05, 3.63) is 69.0 Å². The number of rotatable bonds is 6. The Labute approximate surface area is 180 Å². The van der Waals surface area contributed by atoms with Gasteiger partial charge in [0.1, 0.15) is 16.7 Å². The van der Waals surface area contributed by atoms with Crippen molar-refractivity contribution in [3.8, 4) is 22.3 Å². The second kappa shape index (κ2) is 8.33. The number of carbonyl (C=O) groups is 1. The minimum Gasteiger partial charge on any atom is -0.292 e. The first-order chi connectivity index (χ1) is 14.1. The number of aryl methyl sites for hydroxylation is 2. The molecule has 4 aromatic heterocycles. The van der Waals surface area contributed by atoms with Crippen molar-refractivity contribution in [2.45, 2.75) is 18.9 Å². The van der Waals surface area contributed by atoms with Crippen LogP contribution in [0, 0.1) is 25.2 Å². The lowest BCUT2D eigenvalue weighted by atomic mass is 10.2. The highest BCUT2D eigenvalue weighted by Crippen LogP contribution is 2.33. The molecule has 29 heavy (non-hydrogen) atoms. The van der Waals surface area contributed by atoms with Crippen LogP contribution in [0.4, 0.5) is 0 Å². The summed E-state index contributed by atoms with van der Waals surface area (Å²) in [4.78, 5) is 18.9. The lowest BCUT2D eigenvalue weighted by Gasteiger charge is -2.12. The monoisotopic (exact) mass is 436 g/mol. The summed E-state index contributed by atoms with van der Waals surface area (Å²) in [5.74, 6) is 0.261. The predicted molar refractivity (Wildman–Crippen MR) is 118 cm³/mol. The number of carbonyl (C=O) groups excluding carboxylic acids is 1. The number of thiophene rings is 2. The third-order valence-corrected chi connectivity index (χ3v) is 7.00. The molecule has 0 aromatic carbocycles. The molecular weight excluding hydrogens is 420 g/mol. The SMILES string of the molecule is Cc1cc(C)n(-c2cc(-c3cccs3)nc(SCC(=O)c3cccs3)c2C#N)n1. The third kappa shape index (κ3) is 4.03. The fraction of sp³-hybridized carbons (Fsp3) is 0.143. The molecule has 0 amide bonds. The summed E-state index contributed by atoms with van der Waals surface area (Å²) in [6.07, 6.45) is 0. The average molecular weight is 437 g/mol. The van der Waals surface area contributed by atoms with E-state index in [4.69, 9.17) is 4.98 Å². The van der Waals surface area contributed by atoms with E-state index in [9.17, 15) is 10.1 Å². The Morgan fingerprint density at radius 2 is 2.00 bits per heavy atom. The largest absolute Gasteiger partial charge is 0.292 e. The predicted octanol–water partition coefficient (Wildman–Crippen LogP) is 5.52. The van der Waals surface area contributed by atoms with Crippen LogP contribution in [-0.4, -0.2) is 26.3 Å². The van der Waals surface area contributed by atoms with Crippen LogP contribution in [-0.2, 0) is 0 Å². The van der Waals surface area contributed by atoms with E-state index in [1.54, 1.807) is 16.0 Å². The van der Waals surface area contributed by atoms with Gasteiger partial charge >= 0.3 is 0 Å². The Bertz CT molecular complexity index is 1200. The molecule has 4 aromatic rings. The average Bonchev–Trinajstić information content (AvgIpc) is 3.47. The van der Waals surface area contributed by atoms with Gasteiger partial charge in [0.05, 0.1) is 32.6 Å². The van der Waals surface area contributed by atoms with E-state index in [1.165, 1.54) is 23.1 Å². The van der Waals surface area contributed by atoms with Gasteiger partial charge in [-0.1, -0.05) is 23.9 Å². The normalized spacial score (nSPS) is 10.8. The van der Waals surface area contributed by atoms with Crippen LogP contribution >= 0.6 is 34.4 Å². The molecule has 4 rings (SSSR count). The van der Waals surface area contributed by atoms with Crippen LogP contribution in [0.25, 0.3) is 16.3 Å². The highest BCUT2D eigenvalue weighted by atomic mass is 32.2. The molecular formula is C21H16N4OS3. The maximum atomic E-state index is 12.5. The van der Waals surface area contributed by atoms with E-state index in [1.807, 2.05) is 61.0 Å². The Kier molecular flexibility index (Phi) is 5.62. The number of hydrogen-bond donors (Lipinski definition) is 0. The van der Waals surface area contributed by atoms with E-state index >= 15 is 0 Å². The van der Waals surface area contributed by atoms with Gasteiger partial charge in [-0.25, -0.2) is 9.67 Å². The molecule has 0 aliphatic rings. The van der Waals surface area contributed by atoms with E-state index in [-0.39, 0.29) is 11.5 Å². The topological polar surface area (TPSA) is 71.6 Å². The van der Waals surface area contributed by atoms with E-state index in [2.05, 4.69) is 11.2 Å². The van der Waals surface area contributed by atoms with Gasteiger partial charge in [-0.05, 0) is 48.9 Å². The zero-order valence-corrected chi connectivity index (χ0v) is 18.2. The molecule has 0 bridgehead atoms. The first-order valence-corrected chi connectivity index (χ1v) is 11.5. The van der Waals surface area contributed by atoms with E-state index in [0.717, 1.165) is 22.0 Å². The van der Waals surface area contributed by atoms with Crippen LogP contribution in [0.1, 0.15) is 26.6 Å². The second-order valence-corrected chi connectivity index (χ2v) is 9.18. The molecule has 0 aliphatic heterocycles. The van der Waals surface area contributed by atoms with Gasteiger partial charge in [0.2, 0.25) is 0 Å². The van der Waals surface area contributed by atoms with E-state index < -0.39 is 0 Å². The van der Waals surface area contributed by atoms with Crippen LogP contribution in [0.5, 0.6) is 0 Å². The summed E-state index contributed by atoms with van der Waals surface area (Å²) < 4.78 is 1.78. The molecule has 0 N–H and O–H groups in total. The lowest BCUT2D eigenvalue weighted by Crippen LogP contribution is -2.07. The Hall–Kier alpha value is -2.73. The summed E-state index contributed by atoms with van der Waals surface area (Å²) in [5.41, 5.74) is 3.70. The van der Waals surface area contributed by atoms with Crippen molar-refractivity contribution in [2.75, 3.05) is 5.75 Å². The van der Waals surface area contributed by atoms with E-state index in [0.29, 0.717) is 21.2 Å². The number of nitrogens with zero attached hydrogens (tertiary/aromatic N) is 4. The first-order valence-electron chi connectivity index (χ1n) is 8.79. The number of nitriles is 1. The summed E-state index contributed by atoms with van der Waals surface area (Å²) >= 11 is 4.30. The first kappa shape index (κ1) is 19.6. The maximum Gasteiger partial charge on any atom is 0.183 e. The Balaban J connectivity index is 1.79. The standard InChI is InChI=1S/C21H16N4OS3/c1-13-9-14(2)25(24-13)17-10-16(19-5-3-7-27-19)23-21(15(17)11-22)29-12-18(26)20-6-4-8-28-20/h3-10H,12H2,1-2H3. The fourth-order valence-corrected chi connectivity index (χ4v) is 5.27. The van der Waals surface area contributed by atoms with Crippen LogP contribution < -0.4 is 0 Å². The molecule has 0 spiro atoms.